The van der Waals surface area contributed by atoms with Crippen LogP contribution in [0.2, 0.25) is 0 Å². The minimum Gasteiger partial charge on any atom is -0.483 e. The van der Waals surface area contributed by atoms with E-state index in [-0.39, 0.29) is 18.9 Å². The molecule has 3 N–H and O–H groups in total. The van der Waals surface area contributed by atoms with Crippen molar-refractivity contribution in [1.29, 1.82) is 0 Å². The van der Waals surface area contributed by atoms with Crippen LogP contribution in [0.5, 0.6) is 0 Å². The summed E-state index contributed by atoms with van der Waals surface area (Å²) >= 11 is 0. The Kier molecular flexibility index (Phi) is 11.0. The van der Waals surface area contributed by atoms with Gasteiger partial charge in [0, 0.05) is 30.0 Å². The third-order valence-corrected chi connectivity index (χ3v) is 5.53. The number of carbonyl (C=O) groups is 3. The Morgan fingerprint density at radius 2 is 1.61 bits per heavy atom. The summed E-state index contributed by atoms with van der Waals surface area (Å²) in [5.41, 5.74) is 2.40. The topological polar surface area (TPSA) is 133 Å². The number of benzene rings is 1. The summed E-state index contributed by atoms with van der Waals surface area (Å²) in [6.07, 6.45) is 7.16. The van der Waals surface area contributed by atoms with Gasteiger partial charge < -0.3 is 24.8 Å². The molecule has 31 heavy (non-hydrogen) atoms. The van der Waals surface area contributed by atoms with Gasteiger partial charge in [0.15, 0.2) is 0 Å². The highest BCUT2D eigenvalue weighted by Gasteiger charge is 2.27. The van der Waals surface area contributed by atoms with Crippen molar-refractivity contribution in [2.75, 3.05) is 14.1 Å². The Morgan fingerprint density at radius 1 is 1.10 bits per heavy atom. The van der Waals surface area contributed by atoms with Gasteiger partial charge in [-0.05, 0) is 52.3 Å². The van der Waals surface area contributed by atoms with Crippen molar-refractivity contribution in [3.8, 4) is 11.4 Å². The summed E-state index contributed by atoms with van der Waals surface area (Å²) in [6, 6.07) is 9.32. The van der Waals surface area contributed by atoms with Crippen molar-refractivity contribution in [2.45, 2.75) is 44.7 Å². The second kappa shape index (κ2) is 13.2. The summed E-state index contributed by atoms with van der Waals surface area (Å²) in [5, 5.41) is 23.0. The molecule has 1 atom stereocenters. The van der Waals surface area contributed by atoms with Crippen LogP contribution in [0.3, 0.4) is 0 Å². The number of rotatable bonds is 5. The lowest BCUT2D eigenvalue weighted by molar-refractivity contribution is -0.143. The van der Waals surface area contributed by atoms with E-state index < -0.39 is 5.97 Å². The molecule has 0 radical (unpaired) electrons. The molecule has 0 bridgehead atoms. The zero-order valence-corrected chi connectivity index (χ0v) is 18.1. The van der Waals surface area contributed by atoms with Crippen molar-refractivity contribution in [3.05, 3.63) is 42.2 Å². The fourth-order valence-corrected chi connectivity index (χ4v) is 3.64. The van der Waals surface area contributed by atoms with Crippen molar-refractivity contribution in [3.63, 3.8) is 0 Å². The molecule has 0 aliphatic heterocycles. The van der Waals surface area contributed by atoms with E-state index in [4.69, 9.17) is 19.8 Å². The van der Waals surface area contributed by atoms with Crippen LogP contribution in [0, 0.1) is 5.92 Å². The lowest BCUT2D eigenvalue weighted by atomic mass is 9.86. The Morgan fingerprint density at radius 3 is 2.06 bits per heavy atom. The first-order valence-electron chi connectivity index (χ1n) is 9.98. The van der Waals surface area contributed by atoms with E-state index in [0.29, 0.717) is 12.1 Å². The largest absolute Gasteiger partial charge is 0.483 e. The number of hydrogen-bond acceptors (Lipinski definition) is 5. The minimum atomic E-state index is -0.657. The van der Waals surface area contributed by atoms with E-state index in [1.165, 1.54) is 5.56 Å². The Balaban J connectivity index is 0.000000720. The molecule has 1 aromatic heterocycles. The lowest BCUT2D eigenvalue weighted by Crippen LogP contribution is -2.23. The minimum absolute atomic E-state index is 0.185. The molecule has 2 aromatic rings. The average molecular weight is 434 g/mol. The number of aromatic nitrogens is 2. The van der Waals surface area contributed by atoms with Crippen LogP contribution in [0.25, 0.3) is 11.4 Å². The standard InChI is InChI=1S/C20H27N3O2.2CH2O2/c1-14(22(2)3)15-4-6-16(7-5-15)19-21-12-13-23(19)18-10-8-17(9-11-18)20(24)25;2*2-1-3/h4-7,12-14,17-18H,8-11H2,1-3H3,(H,24,25);2*1H,(H,2,3). The Hall–Kier alpha value is -3.20. The van der Waals surface area contributed by atoms with Gasteiger partial charge in [-0.1, -0.05) is 24.3 Å². The van der Waals surface area contributed by atoms with Crippen LogP contribution in [-0.2, 0) is 14.4 Å². The van der Waals surface area contributed by atoms with Crippen LogP contribution in [0.4, 0.5) is 0 Å². The maximum atomic E-state index is 11.1. The number of imidazole rings is 1. The van der Waals surface area contributed by atoms with Crippen LogP contribution >= 0.6 is 0 Å². The number of carboxylic acid groups (broad SMARTS) is 3. The SMILES string of the molecule is CC(c1ccc(-c2nccn2C2CCC(C(=O)O)CC2)cc1)N(C)C.O=CO.O=CO. The molecule has 1 aliphatic carbocycles. The van der Waals surface area contributed by atoms with E-state index in [1.54, 1.807) is 0 Å². The van der Waals surface area contributed by atoms with Gasteiger partial charge in [0.2, 0.25) is 0 Å². The van der Waals surface area contributed by atoms with Crippen LogP contribution in [-0.4, -0.2) is 62.8 Å². The summed E-state index contributed by atoms with van der Waals surface area (Å²) in [5.74, 6) is 0.132. The number of carboxylic acids is 1. The molecule has 9 nitrogen and oxygen atoms in total. The highest BCUT2D eigenvalue weighted by Crippen LogP contribution is 2.35. The molecule has 9 heteroatoms. The lowest BCUT2D eigenvalue weighted by Gasteiger charge is -2.28. The zero-order chi connectivity index (χ0) is 23.4. The molecular weight excluding hydrogens is 402 g/mol. The van der Waals surface area contributed by atoms with E-state index in [9.17, 15) is 9.90 Å². The molecule has 170 valence electrons. The zero-order valence-electron chi connectivity index (χ0n) is 18.1. The molecular formula is C22H31N3O6. The number of nitrogens with zero attached hydrogens (tertiary/aromatic N) is 3. The third-order valence-electron chi connectivity index (χ3n) is 5.53. The number of aliphatic carboxylic acids is 1. The van der Waals surface area contributed by atoms with E-state index in [0.717, 1.165) is 37.1 Å². The maximum absolute atomic E-state index is 11.1. The fourth-order valence-electron chi connectivity index (χ4n) is 3.64. The highest BCUT2D eigenvalue weighted by atomic mass is 16.4. The normalized spacial score (nSPS) is 18.6. The molecule has 1 aromatic carbocycles. The van der Waals surface area contributed by atoms with Crippen molar-refractivity contribution in [1.82, 2.24) is 14.5 Å². The Bertz CT molecular complexity index is 805. The quantitative estimate of drug-likeness (QED) is 0.611. The van der Waals surface area contributed by atoms with Gasteiger partial charge in [-0.3, -0.25) is 14.4 Å². The van der Waals surface area contributed by atoms with Gasteiger partial charge in [0.05, 0.1) is 5.92 Å². The average Bonchev–Trinajstić information content (AvgIpc) is 3.24. The van der Waals surface area contributed by atoms with E-state index in [2.05, 4.69) is 59.7 Å². The predicted molar refractivity (Wildman–Crippen MR) is 116 cm³/mol. The molecule has 0 spiro atoms. The van der Waals surface area contributed by atoms with Gasteiger partial charge in [-0.15, -0.1) is 0 Å². The molecule has 1 heterocycles. The van der Waals surface area contributed by atoms with E-state index in [1.807, 2.05) is 12.4 Å². The van der Waals surface area contributed by atoms with Crippen LogP contribution in [0.1, 0.15) is 50.3 Å². The summed E-state index contributed by atoms with van der Waals surface area (Å²) in [6.45, 7) is 1.69. The van der Waals surface area contributed by atoms with Crippen molar-refractivity contribution >= 4 is 18.9 Å². The van der Waals surface area contributed by atoms with Gasteiger partial charge in [-0.25, -0.2) is 4.98 Å². The first-order valence-corrected chi connectivity index (χ1v) is 9.98. The molecule has 1 unspecified atom stereocenters. The van der Waals surface area contributed by atoms with Crippen LogP contribution < -0.4 is 0 Å². The van der Waals surface area contributed by atoms with Gasteiger partial charge >= 0.3 is 5.97 Å². The molecule has 0 saturated heterocycles. The first-order chi connectivity index (χ1) is 14.8. The first kappa shape index (κ1) is 25.8. The smallest absolute Gasteiger partial charge is 0.306 e. The van der Waals surface area contributed by atoms with Gasteiger partial charge in [0.25, 0.3) is 12.9 Å². The second-order valence-electron chi connectivity index (χ2n) is 7.47. The van der Waals surface area contributed by atoms with E-state index >= 15 is 0 Å². The van der Waals surface area contributed by atoms with Gasteiger partial charge in [-0.2, -0.15) is 0 Å². The Labute approximate surface area is 182 Å². The third kappa shape index (κ3) is 7.53. The highest BCUT2D eigenvalue weighted by molar-refractivity contribution is 5.70. The molecule has 1 aliphatic rings. The summed E-state index contributed by atoms with van der Waals surface area (Å²) < 4.78 is 2.22. The molecule has 1 fully saturated rings. The maximum Gasteiger partial charge on any atom is 0.306 e. The number of hydrogen-bond donors (Lipinski definition) is 3. The molecule has 0 amide bonds. The molecule has 1 saturated carbocycles. The van der Waals surface area contributed by atoms with Crippen molar-refractivity contribution in [2.24, 2.45) is 5.92 Å². The fraction of sp³-hybridized carbons (Fsp3) is 0.455. The van der Waals surface area contributed by atoms with Crippen molar-refractivity contribution < 1.29 is 29.7 Å². The summed E-state index contributed by atoms with van der Waals surface area (Å²) in [4.78, 5) is 34.6. The van der Waals surface area contributed by atoms with Gasteiger partial charge in [0.1, 0.15) is 5.82 Å². The van der Waals surface area contributed by atoms with Crippen LogP contribution in [0.15, 0.2) is 36.7 Å². The monoisotopic (exact) mass is 433 g/mol. The second-order valence-corrected chi connectivity index (χ2v) is 7.47. The predicted octanol–water partition coefficient (Wildman–Crippen LogP) is 3.39. The molecule has 3 rings (SSSR count). The summed E-state index contributed by atoms with van der Waals surface area (Å²) in [7, 11) is 4.16.